The summed E-state index contributed by atoms with van der Waals surface area (Å²) in [4.78, 5) is 51.7. The molecule has 3 aliphatic heterocycles. The maximum absolute atomic E-state index is 12.8. The van der Waals surface area contributed by atoms with Gasteiger partial charge in [0, 0.05) is 30.8 Å². The van der Waals surface area contributed by atoms with Crippen LogP contribution in [0.1, 0.15) is 59.3 Å². The number of amides is 5. The molecule has 4 fully saturated rings. The van der Waals surface area contributed by atoms with E-state index in [1.807, 2.05) is 0 Å². The Hall–Kier alpha value is -2.73. The van der Waals surface area contributed by atoms with Crippen LogP contribution in [0.25, 0.3) is 0 Å². The summed E-state index contributed by atoms with van der Waals surface area (Å²) in [6.45, 7) is 6.90. The standard InChI is InChI=1S/C30H39N3O7S/c1-18(2)8-13-22-29(3,40-22)27-26(38-4)21(14-15-30(27)17-39-30)31-28(37)32-23(34)16-41-20-11-9-19(10-12-20)33-24(35)6-5-7-25(33)36/h8-12,21-22,26-27H,5-7,13-17H2,1-4H3,(H2,31,32,34,37)/t21-,22?,26-,27-,29-,30?/m1/s1. The number of anilines is 1. The number of methoxy groups -OCH3 is 1. The topological polar surface area (TPSA) is 130 Å². The first kappa shape index (κ1) is 29.8. The Labute approximate surface area is 244 Å². The summed E-state index contributed by atoms with van der Waals surface area (Å²) in [5, 5.41) is 5.39. The van der Waals surface area contributed by atoms with Crippen LogP contribution in [-0.2, 0) is 28.6 Å². The summed E-state index contributed by atoms with van der Waals surface area (Å²) in [6.07, 6.45) is 5.51. The van der Waals surface area contributed by atoms with Gasteiger partial charge in [-0.3, -0.25) is 24.6 Å². The third-order valence-corrected chi connectivity index (χ3v) is 9.62. The number of piperidine rings is 1. The molecule has 11 heteroatoms. The Balaban J connectivity index is 1.13. The fraction of sp³-hybridized carbons (Fsp3) is 0.600. The van der Waals surface area contributed by atoms with E-state index in [2.05, 4.69) is 37.5 Å². The average molecular weight is 586 g/mol. The zero-order valence-electron chi connectivity index (χ0n) is 24.1. The van der Waals surface area contributed by atoms with Gasteiger partial charge >= 0.3 is 6.03 Å². The summed E-state index contributed by atoms with van der Waals surface area (Å²) in [5.41, 5.74) is 1.07. The lowest BCUT2D eigenvalue weighted by atomic mass is 9.67. The van der Waals surface area contributed by atoms with E-state index in [4.69, 9.17) is 14.2 Å². The SMILES string of the molecule is CO[C@@H]1[C@H](NC(=O)NC(=O)CSc2ccc(N3C(=O)CCCC3=O)cc2)CCC2(CO2)[C@H]1[C@]1(C)OC1CC=C(C)C. The van der Waals surface area contributed by atoms with Crippen LogP contribution in [0.3, 0.4) is 0 Å². The third kappa shape index (κ3) is 6.38. The molecule has 1 aromatic rings. The minimum atomic E-state index is -0.561. The highest BCUT2D eigenvalue weighted by atomic mass is 32.2. The molecular weight excluding hydrogens is 546 g/mol. The molecule has 0 bridgehead atoms. The highest BCUT2D eigenvalue weighted by Crippen LogP contribution is 2.59. The van der Waals surface area contributed by atoms with Crippen LogP contribution < -0.4 is 15.5 Å². The number of hydrogen-bond donors (Lipinski definition) is 2. The molecule has 2 unspecified atom stereocenters. The Morgan fingerprint density at radius 3 is 2.46 bits per heavy atom. The van der Waals surface area contributed by atoms with Gasteiger partial charge in [0.05, 0.1) is 41.9 Å². The summed E-state index contributed by atoms with van der Waals surface area (Å²) in [6, 6.07) is 6.06. The Morgan fingerprint density at radius 2 is 1.85 bits per heavy atom. The number of allylic oxidation sites excluding steroid dienone is 1. The highest BCUT2D eigenvalue weighted by molar-refractivity contribution is 8.00. The van der Waals surface area contributed by atoms with Crippen LogP contribution in [0, 0.1) is 5.92 Å². The van der Waals surface area contributed by atoms with Crippen LogP contribution in [0.2, 0.25) is 0 Å². The molecule has 1 aromatic carbocycles. The zero-order valence-corrected chi connectivity index (χ0v) is 24.9. The molecule has 41 heavy (non-hydrogen) atoms. The molecule has 4 aliphatic rings. The first-order valence-electron chi connectivity index (χ1n) is 14.2. The average Bonchev–Trinajstić information content (AvgIpc) is 3.84. The van der Waals surface area contributed by atoms with E-state index in [0.29, 0.717) is 38.0 Å². The minimum Gasteiger partial charge on any atom is -0.379 e. The Kier molecular flexibility index (Phi) is 8.61. The van der Waals surface area contributed by atoms with Crippen molar-refractivity contribution < 1.29 is 33.4 Å². The monoisotopic (exact) mass is 585 g/mol. The van der Waals surface area contributed by atoms with Gasteiger partial charge in [0.15, 0.2) is 0 Å². The Morgan fingerprint density at radius 1 is 1.17 bits per heavy atom. The molecule has 1 aliphatic carbocycles. The lowest BCUT2D eigenvalue weighted by Gasteiger charge is -2.43. The van der Waals surface area contributed by atoms with Crippen molar-refractivity contribution in [1.29, 1.82) is 0 Å². The van der Waals surface area contributed by atoms with Crippen molar-refractivity contribution in [2.24, 2.45) is 5.92 Å². The molecule has 1 saturated carbocycles. The van der Waals surface area contributed by atoms with Gasteiger partial charge in [-0.05, 0) is 70.7 Å². The van der Waals surface area contributed by atoms with Gasteiger partial charge in [-0.2, -0.15) is 0 Å². The fourth-order valence-electron chi connectivity index (χ4n) is 6.39. The lowest BCUT2D eigenvalue weighted by molar-refractivity contribution is -0.129. The summed E-state index contributed by atoms with van der Waals surface area (Å²) < 4.78 is 18.1. The maximum Gasteiger partial charge on any atom is 0.321 e. The van der Waals surface area contributed by atoms with Crippen molar-refractivity contribution in [2.75, 3.05) is 24.4 Å². The molecule has 1 spiro atoms. The molecule has 0 aromatic heterocycles. The quantitative estimate of drug-likeness (QED) is 0.194. The first-order valence-corrected chi connectivity index (χ1v) is 15.2. The highest BCUT2D eigenvalue weighted by Gasteiger charge is 2.71. The molecule has 222 valence electrons. The normalized spacial score (nSPS) is 32.4. The van der Waals surface area contributed by atoms with E-state index in [9.17, 15) is 19.2 Å². The molecule has 2 N–H and O–H groups in total. The van der Waals surface area contributed by atoms with Crippen molar-refractivity contribution >= 4 is 41.2 Å². The van der Waals surface area contributed by atoms with E-state index in [-0.39, 0.29) is 47.3 Å². The van der Waals surface area contributed by atoms with Crippen LogP contribution in [-0.4, -0.2) is 72.7 Å². The van der Waals surface area contributed by atoms with Crippen LogP contribution in [0.5, 0.6) is 0 Å². The first-order chi connectivity index (χ1) is 19.6. The van der Waals surface area contributed by atoms with E-state index in [1.165, 1.54) is 22.2 Å². The number of imide groups is 2. The van der Waals surface area contributed by atoms with Gasteiger partial charge in [-0.25, -0.2) is 4.79 Å². The molecule has 0 radical (unpaired) electrons. The largest absolute Gasteiger partial charge is 0.379 e. The van der Waals surface area contributed by atoms with Gasteiger partial charge in [0.1, 0.15) is 5.60 Å². The van der Waals surface area contributed by atoms with Gasteiger partial charge in [-0.15, -0.1) is 11.8 Å². The van der Waals surface area contributed by atoms with E-state index >= 15 is 0 Å². The molecule has 3 heterocycles. The lowest BCUT2D eigenvalue weighted by Crippen LogP contribution is -2.60. The number of nitrogens with zero attached hydrogens (tertiary/aromatic N) is 1. The molecule has 6 atom stereocenters. The number of hydrogen-bond acceptors (Lipinski definition) is 8. The Bertz CT molecular complexity index is 1210. The predicted molar refractivity (Wildman–Crippen MR) is 154 cm³/mol. The molecule has 3 saturated heterocycles. The van der Waals surface area contributed by atoms with Crippen LogP contribution in [0.4, 0.5) is 10.5 Å². The van der Waals surface area contributed by atoms with Gasteiger partial charge in [-0.1, -0.05) is 11.6 Å². The molecule has 10 nitrogen and oxygen atoms in total. The maximum atomic E-state index is 12.8. The van der Waals surface area contributed by atoms with Crippen molar-refractivity contribution in [3.63, 3.8) is 0 Å². The number of carbonyl (C=O) groups excluding carboxylic acids is 4. The number of benzene rings is 1. The summed E-state index contributed by atoms with van der Waals surface area (Å²) in [7, 11) is 1.65. The number of urea groups is 1. The third-order valence-electron chi connectivity index (χ3n) is 8.61. The minimum absolute atomic E-state index is 0.0320. The van der Waals surface area contributed by atoms with E-state index < -0.39 is 17.5 Å². The summed E-state index contributed by atoms with van der Waals surface area (Å²) >= 11 is 1.26. The fourth-order valence-corrected chi connectivity index (χ4v) is 7.09. The second-order valence-electron chi connectivity index (χ2n) is 11.8. The van der Waals surface area contributed by atoms with Crippen molar-refractivity contribution in [3.8, 4) is 0 Å². The molecule has 5 amide bonds. The van der Waals surface area contributed by atoms with Gasteiger partial charge < -0.3 is 19.5 Å². The number of epoxide rings is 2. The van der Waals surface area contributed by atoms with Crippen molar-refractivity contribution in [1.82, 2.24) is 10.6 Å². The van der Waals surface area contributed by atoms with Crippen LogP contribution >= 0.6 is 11.8 Å². The second kappa shape index (κ2) is 11.9. The predicted octanol–water partition coefficient (Wildman–Crippen LogP) is 3.72. The number of rotatable bonds is 9. The number of ether oxygens (including phenoxy) is 3. The molecule has 5 rings (SSSR count). The number of thioether (sulfide) groups is 1. The molecular formula is C30H39N3O7S. The van der Waals surface area contributed by atoms with E-state index in [0.717, 1.165) is 17.7 Å². The van der Waals surface area contributed by atoms with E-state index in [1.54, 1.807) is 31.4 Å². The van der Waals surface area contributed by atoms with Gasteiger partial charge in [0.2, 0.25) is 17.7 Å². The summed E-state index contributed by atoms with van der Waals surface area (Å²) in [5.74, 6) is -0.840. The van der Waals surface area contributed by atoms with Crippen molar-refractivity contribution in [2.45, 2.75) is 93.6 Å². The van der Waals surface area contributed by atoms with Gasteiger partial charge in [0.25, 0.3) is 0 Å². The smallest absolute Gasteiger partial charge is 0.321 e. The number of nitrogens with one attached hydrogen (secondary N) is 2. The second-order valence-corrected chi connectivity index (χ2v) is 12.8. The number of carbonyl (C=O) groups is 4. The van der Waals surface area contributed by atoms with Crippen LogP contribution in [0.15, 0.2) is 40.8 Å². The van der Waals surface area contributed by atoms with Crippen molar-refractivity contribution in [3.05, 3.63) is 35.9 Å². The zero-order chi connectivity index (χ0) is 29.4.